The standard InChI is InChI=1S/C34H31ClN4O3S/c1-19-16-26-31(29(21-9-11-23(35)12-10-21)28(19)30(20(2)40)42-34(3,4)5)43-32(37-26)25-8-7-15-39(33(25)41)24-13-14-27-22(17-24)18-36-38(27)6/h7-18,30,40H,2H2,1,3-6H3/t30-/m1/s1. The number of ether oxygens (including phenoxy) is 1. The number of aromatic nitrogens is 4. The summed E-state index contributed by atoms with van der Waals surface area (Å²) in [5.74, 6) is -0.0890. The molecule has 0 fully saturated rings. The zero-order chi connectivity index (χ0) is 30.6. The van der Waals surface area contributed by atoms with E-state index in [-0.39, 0.29) is 11.3 Å². The molecule has 9 heteroatoms. The maximum atomic E-state index is 13.9. The van der Waals surface area contributed by atoms with Gasteiger partial charge in [0.15, 0.2) is 0 Å². The van der Waals surface area contributed by atoms with Crippen LogP contribution >= 0.6 is 22.9 Å². The van der Waals surface area contributed by atoms with Crippen LogP contribution in [0, 0.1) is 6.92 Å². The highest BCUT2D eigenvalue weighted by atomic mass is 35.5. The summed E-state index contributed by atoms with van der Waals surface area (Å²) in [6.45, 7) is 11.7. The number of aliphatic hydroxyl groups is 1. The zero-order valence-corrected chi connectivity index (χ0v) is 26.1. The van der Waals surface area contributed by atoms with Gasteiger partial charge < -0.3 is 9.84 Å². The lowest BCUT2D eigenvalue weighted by molar-refractivity contribution is -0.0594. The van der Waals surface area contributed by atoms with Crippen LogP contribution in [0.5, 0.6) is 0 Å². The first-order chi connectivity index (χ1) is 20.4. The lowest BCUT2D eigenvalue weighted by Gasteiger charge is -2.30. The van der Waals surface area contributed by atoms with Gasteiger partial charge in [-0.25, -0.2) is 4.98 Å². The van der Waals surface area contributed by atoms with Crippen molar-refractivity contribution >= 4 is 44.1 Å². The lowest BCUT2D eigenvalue weighted by Crippen LogP contribution is -2.24. The molecule has 0 amide bonds. The SMILES string of the molecule is C=C(O)[C@@H](OC(C)(C)C)c1c(C)cc2nc(-c3cccn(-c4ccc5c(cnn5C)c4)c3=O)sc2c1-c1ccc(Cl)cc1. The molecule has 6 aromatic rings. The number of hydrogen-bond donors (Lipinski definition) is 1. The first kappa shape index (κ1) is 28.9. The molecule has 3 aromatic carbocycles. The van der Waals surface area contributed by atoms with Gasteiger partial charge in [0.1, 0.15) is 16.9 Å². The fourth-order valence-corrected chi connectivity index (χ4v) is 6.64. The van der Waals surface area contributed by atoms with Crippen LogP contribution in [0.15, 0.2) is 90.2 Å². The topological polar surface area (TPSA) is 82.2 Å². The number of benzene rings is 3. The number of fused-ring (bicyclic) bond motifs is 2. The monoisotopic (exact) mass is 610 g/mol. The van der Waals surface area contributed by atoms with Gasteiger partial charge in [-0.2, -0.15) is 5.10 Å². The van der Waals surface area contributed by atoms with Crippen molar-refractivity contribution in [1.29, 1.82) is 0 Å². The van der Waals surface area contributed by atoms with E-state index in [2.05, 4.69) is 11.7 Å². The number of nitrogens with zero attached hydrogens (tertiary/aromatic N) is 4. The van der Waals surface area contributed by atoms with E-state index in [4.69, 9.17) is 21.3 Å². The number of aryl methyl sites for hydroxylation is 2. The maximum Gasteiger partial charge on any atom is 0.265 e. The highest BCUT2D eigenvalue weighted by molar-refractivity contribution is 7.22. The molecule has 3 aromatic heterocycles. The van der Waals surface area contributed by atoms with Gasteiger partial charge in [0.2, 0.25) is 0 Å². The van der Waals surface area contributed by atoms with Gasteiger partial charge in [0.25, 0.3) is 5.56 Å². The molecule has 0 unspecified atom stereocenters. The average Bonchev–Trinajstić information content (AvgIpc) is 3.54. The van der Waals surface area contributed by atoms with Crippen molar-refractivity contribution in [3.63, 3.8) is 0 Å². The van der Waals surface area contributed by atoms with Gasteiger partial charge in [-0.3, -0.25) is 14.0 Å². The summed E-state index contributed by atoms with van der Waals surface area (Å²) in [6, 6.07) is 19.0. The molecular formula is C34H31ClN4O3S. The minimum absolute atomic E-state index is 0.0890. The van der Waals surface area contributed by atoms with Crippen LogP contribution in [0.1, 0.15) is 38.0 Å². The van der Waals surface area contributed by atoms with E-state index in [0.717, 1.165) is 49.1 Å². The van der Waals surface area contributed by atoms with Gasteiger partial charge in [0, 0.05) is 40.5 Å². The van der Waals surface area contributed by atoms with Gasteiger partial charge in [-0.1, -0.05) is 30.3 Å². The molecule has 0 spiro atoms. The van der Waals surface area contributed by atoms with Crippen molar-refractivity contribution < 1.29 is 9.84 Å². The van der Waals surface area contributed by atoms with E-state index in [0.29, 0.717) is 15.6 Å². The zero-order valence-electron chi connectivity index (χ0n) is 24.6. The Kier molecular flexibility index (Phi) is 7.24. The second-order valence-corrected chi connectivity index (χ2v) is 13.0. The molecule has 218 valence electrons. The number of rotatable bonds is 6. The molecule has 0 radical (unpaired) electrons. The normalized spacial score (nSPS) is 12.7. The number of thiazole rings is 1. The van der Waals surface area contributed by atoms with E-state index < -0.39 is 11.7 Å². The number of pyridine rings is 1. The van der Waals surface area contributed by atoms with E-state index in [1.807, 2.05) is 89.3 Å². The molecule has 0 aliphatic heterocycles. The predicted octanol–water partition coefficient (Wildman–Crippen LogP) is 8.56. The fourth-order valence-electron chi connectivity index (χ4n) is 5.38. The number of halogens is 1. The van der Waals surface area contributed by atoms with Crippen molar-refractivity contribution in [1.82, 2.24) is 19.3 Å². The smallest absolute Gasteiger partial charge is 0.265 e. The van der Waals surface area contributed by atoms with Crippen molar-refractivity contribution in [2.45, 2.75) is 39.4 Å². The Morgan fingerprint density at radius 1 is 1.12 bits per heavy atom. The summed E-state index contributed by atoms with van der Waals surface area (Å²) in [6.07, 6.45) is 2.77. The summed E-state index contributed by atoms with van der Waals surface area (Å²) in [7, 11) is 1.89. The van der Waals surface area contributed by atoms with Gasteiger partial charge in [-0.05, 0) is 87.4 Å². The second kappa shape index (κ2) is 10.8. The highest BCUT2D eigenvalue weighted by Gasteiger charge is 2.29. The van der Waals surface area contributed by atoms with Crippen LogP contribution in [0.25, 0.3) is 48.5 Å². The van der Waals surface area contributed by atoms with Gasteiger partial charge in [0.05, 0.1) is 33.1 Å². The molecule has 3 heterocycles. The minimum Gasteiger partial charge on any atom is -0.510 e. The van der Waals surface area contributed by atoms with Gasteiger partial charge in [-0.15, -0.1) is 11.3 Å². The highest BCUT2D eigenvalue weighted by Crippen LogP contribution is 2.45. The number of aliphatic hydroxyl groups excluding tert-OH is 1. The Bertz CT molecular complexity index is 2080. The van der Waals surface area contributed by atoms with Crippen molar-refractivity contribution in [3.8, 4) is 27.4 Å². The molecule has 6 rings (SSSR count). The molecular weight excluding hydrogens is 580 g/mol. The van der Waals surface area contributed by atoms with E-state index in [1.165, 1.54) is 11.3 Å². The third-order valence-electron chi connectivity index (χ3n) is 7.28. The Morgan fingerprint density at radius 3 is 2.56 bits per heavy atom. The average molecular weight is 611 g/mol. The molecule has 7 nitrogen and oxygen atoms in total. The summed E-state index contributed by atoms with van der Waals surface area (Å²) < 4.78 is 10.7. The van der Waals surface area contributed by atoms with Crippen LogP contribution < -0.4 is 5.56 Å². The molecule has 0 aliphatic carbocycles. The molecule has 1 N–H and O–H groups in total. The van der Waals surface area contributed by atoms with Gasteiger partial charge >= 0.3 is 0 Å². The summed E-state index contributed by atoms with van der Waals surface area (Å²) >= 11 is 7.69. The third kappa shape index (κ3) is 5.38. The fraction of sp³-hybridized carbons (Fsp3) is 0.206. The number of hydrogen-bond acceptors (Lipinski definition) is 6. The third-order valence-corrected chi connectivity index (χ3v) is 8.66. The minimum atomic E-state index is -0.781. The van der Waals surface area contributed by atoms with E-state index in [9.17, 15) is 9.90 Å². The Morgan fingerprint density at radius 2 is 1.86 bits per heavy atom. The first-order valence-electron chi connectivity index (χ1n) is 13.8. The van der Waals surface area contributed by atoms with Crippen LogP contribution in [0.3, 0.4) is 0 Å². The molecule has 0 saturated carbocycles. The summed E-state index contributed by atoms with van der Waals surface area (Å²) in [4.78, 5) is 18.9. The molecule has 1 atom stereocenters. The largest absolute Gasteiger partial charge is 0.510 e. The molecule has 0 aliphatic rings. The van der Waals surface area contributed by atoms with Crippen LogP contribution in [-0.2, 0) is 11.8 Å². The first-order valence-corrected chi connectivity index (χ1v) is 15.0. The predicted molar refractivity (Wildman–Crippen MR) is 175 cm³/mol. The Balaban J connectivity index is 1.57. The second-order valence-electron chi connectivity index (χ2n) is 11.6. The maximum absolute atomic E-state index is 13.9. The molecule has 0 saturated heterocycles. The van der Waals surface area contributed by atoms with Crippen molar-refractivity contribution in [2.24, 2.45) is 7.05 Å². The van der Waals surface area contributed by atoms with Crippen LogP contribution in [0.2, 0.25) is 5.02 Å². The molecule has 0 bridgehead atoms. The van der Waals surface area contributed by atoms with E-state index in [1.54, 1.807) is 27.7 Å². The van der Waals surface area contributed by atoms with Crippen LogP contribution in [-0.4, -0.2) is 30.0 Å². The van der Waals surface area contributed by atoms with E-state index >= 15 is 0 Å². The van der Waals surface area contributed by atoms with Crippen LogP contribution in [0.4, 0.5) is 0 Å². The quantitative estimate of drug-likeness (QED) is 0.191. The summed E-state index contributed by atoms with van der Waals surface area (Å²) in [5.41, 5.74) is 5.67. The Hall–Kier alpha value is -4.24. The van der Waals surface area contributed by atoms with Crippen molar-refractivity contribution in [2.75, 3.05) is 0 Å². The Labute approximate surface area is 258 Å². The van der Waals surface area contributed by atoms with Crippen molar-refractivity contribution in [3.05, 3.63) is 112 Å². The lowest BCUT2D eigenvalue weighted by atomic mass is 9.90. The molecule has 43 heavy (non-hydrogen) atoms. The summed E-state index contributed by atoms with van der Waals surface area (Å²) in [5, 5.41) is 17.2.